The molecule has 164 valence electrons. The molecule has 0 aliphatic heterocycles. The van der Waals surface area contributed by atoms with Gasteiger partial charge in [0.2, 0.25) is 11.8 Å². The van der Waals surface area contributed by atoms with Crippen LogP contribution in [0.25, 0.3) is 22.0 Å². The standard InChI is InChI=1S/C20H14ClF2N5O3S/c1-31-19-16(7-12(21)9-25-19)32(29,30)28-18-14(22)4-3-13(17(18)23)10-2-5-15-11(6-10)8-26-20(24)27-15/h2-9,28H,1H3,(H2,24,26,27). The number of anilines is 2. The lowest BCUT2D eigenvalue weighted by Crippen LogP contribution is -2.17. The van der Waals surface area contributed by atoms with Crippen LogP contribution in [0.3, 0.4) is 0 Å². The maximum absolute atomic E-state index is 15.3. The van der Waals surface area contributed by atoms with E-state index in [0.717, 1.165) is 12.1 Å². The molecule has 12 heteroatoms. The number of nitrogens with two attached hydrogens (primary N) is 1. The number of hydrogen-bond acceptors (Lipinski definition) is 7. The summed E-state index contributed by atoms with van der Waals surface area (Å²) >= 11 is 5.83. The number of rotatable bonds is 5. The molecule has 4 rings (SSSR count). The molecular weight excluding hydrogens is 464 g/mol. The maximum Gasteiger partial charge on any atom is 0.267 e. The van der Waals surface area contributed by atoms with Gasteiger partial charge in [-0.15, -0.1) is 0 Å². The zero-order chi connectivity index (χ0) is 23.0. The minimum absolute atomic E-state index is 0.000103. The van der Waals surface area contributed by atoms with Crippen LogP contribution in [0.4, 0.5) is 20.4 Å². The van der Waals surface area contributed by atoms with E-state index in [1.165, 1.54) is 25.6 Å². The lowest BCUT2D eigenvalue weighted by atomic mass is 10.0. The summed E-state index contributed by atoms with van der Waals surface area (Å²) in [4.78, 5) is 11.3. The number of methoxy groups -OCH3 is 1. The molecule has 2 heterocycles. The average molecular weight is 478 g/mol. The third-order valence-corrected chi connectivity index (χ3v) is 6.06. The van der Waals surface area contributed by atoms with Gasteiger partial charge >= 0.3 is 0 Å². The van der Waals surface area contributed by atoms with Crippen molar-refractivity contribution < 1.29 is 21.9 Å². The molecule has 2 aromatic heterocycles. The number of hydrogen-bond donors (Lipinski definition) is 2. The van der Waals surface area contributed by atoms with E-state index in [2.05, 4.69) is 15.0 Å². The number of ether oxygens (including phenoxy) is 1. The fraction of sp³-hybridized carbons (Fsp3) is 0.0500. The number of aromatic nitrogens is 3. The zero-order valence-corrected chi connectivity index (χ0v) is 17.9. The van der Waals surface area contributed by atoms with Gasteiger partial charge in [-0.25, -0.2) is 32.2 Å². The third kappa shape index (κ3) is 3.99. The number of nitrogens with zero attached hydrogens (tertiary/aromatic N) is 3. The lowest BCUT2D eigenvalue weighted by molar-refractivity contribution is 0.385. The van der Waals surface area contributed by atoms with Gasteiger partial charge < -0.3 is 10.5 Å². The predicted molar refractivity (Wildman–Crippen MR) is 116 cm³/mol. The van der Waals surface area contributed by atoms with Crippen molar-refractivity contribution in [2.24, 2.45) is 0 Å². The number of nitrogens with one attached hydrogen (secondary N) is 1. The van der Waals surface area contributed by atoms with Crippen LogP contribution in [0.2, 0.25) is 5.02 Å². The van der Waals surface area contributed by atoms with Crippen molar-refractivity contribution in [1.82, 2.24) is 15.0 Å². The van der Waals surface area contributed by atoms with Crippen LogP contribution in [0.5, 0.6) is 5.88 Å². The molecule has 0 fully saturated rings. The van der Waals surface area contributed by atoms with E-state index >= 15 is 4.39 Å². The van der Waals surface area contributed by atoms with Gasteiger partial charge in [-0.05, 0) is 35.9 Å². The van der Waals surface area contributed by atoms with E-state index in [1.807, 2.05) is 4.72 Å². The highest BCUT2D eigenvalue weighted by Gasteiger charge is 2.26. The fourth-order valence-electron chi connectivity index (χ4n) is 3.03. The molecule has 0 spiro atoms. The molecule has 3 N–H and O–H groups in total. The number of sulfonamides is 1. The molecule has 8 nitrogen and oxygen atoms in total. The van der Waals surface area contributed by atoms with Gasteiger partial charge in [0, 0.05) is 23.3 Å². The Labute approximate surface area is 186 Å². The molecule has 0 aliphatic carbocycles. The number of pyridine rings is 1. The minimum atomic E-state index is -4.50. The Morgan fingerprint density at radius 2 is 1.88 bits per heavy atom. The molecule has 0 radical (unpaired) electrons. The summed E-state index contributed by atoms with van der Waals surface area (Å²) in [5.41, 5.74) is 5.54. The van der Waals surface area contributed by atoms with E-state index in [0.29, 0.717) is 16.5 Å². The van der Waals surface area contributed by atoms with Crippen LogP contribution in [-0.2, 0) is 10.0 Å². The first-order valence-electron chi connectivity index (χ1n) is 8.92. The van der Waals surface area contributed by atoms with Gasteiger partial charge in [-0.3, -0.25) is 4.72 Å². The minimum Gasteiger partial charge on any atom is -0.480 e. The van der Waals surface area contributed by atoms with Crippen LogP contribution in [0.15, 0.2) is 53.7 Å². The Bertz CT molecular complexity index is 1470. The van der Waals surface area contributed by atoms with Crippen molar-refractivity contribution in [3.8, 4) is 17.0 Å². The summed E-state index contributed by atoms with van der Waals surface area (Å²) in [7, 11) is -3.30. The zero-order valence-electron chi connectivity index (χ0n) is 16.3. The quantitative estimate of drug-likeness (QED) is 0.445. The molecule has 2 aromatic carbocycles. The van der Waals surface area contributed by atoms with Gasteiger partial charge in [-0.2, -0.15) is 0 Å². The van der Waals surface area contributed by atoms with Crippen molar-refractivity contribution in [3.63, 3.8) is 0 Å². The van der Waals surface area contributed by atoms with Crippen molar-refractivity contribution in [1.29, 1.82) is 0 Å². The van der Waals surface area contributed by atoms with Gasteiger partial charge in [0.05, 0.1) is 17.6 Å². The second-order valence-electron chi connectivity index (χ2n) is 6.55. The molecule has 0 amide bonds. The topological polar surface area (TPSA) is 120 Å². The maximum atomic E-state index is 15.3. The third-order valence-electron chi connectivity index (χ3n) is 4.50. The van der Waals surface area contributed by atoms with Crippen molar-refractivity contribution in [2.75, 3.05) is 17.6 Å². The van der Waals surface area contributed by atoms with E-state index in [1.54, 1.807) is 18.2 Å². The lowest BCUT2D eigenvalue weighted by Gasteiger charge is -2.14. The normalized spacial score (nSPS) is 11.5. The van der Waals surface area contributed by atoms with Crippen LogP contribution >= 0.6 is 11.6 Å². The molecule has 0 unspecified atom stereocenters. The van der Waals surface area contributed by atoms with Crippen LogP contribution in [0.1, 0.15) is 0 Å². The van der Waals surface area contributed by atoms with E-state index in [9.17, 15) is 12.8 Å². The van der Waals surface area contributed by atoms with E-state index in [-0.39, 0.29) is 22.4 Å². The van der Waals surface area contributed by atoms with Gasteiger partial charge in [0.25, 0.3) is 10.0 Å². The fourth-order valence-corrected chi connectivity index (χ4v) is 4.46. The van der Waals surface area contributed by atoms with E-state index < -0.39 is 32.2 Å². The SMILES string of the molecule is COc1ncc(Cl)cc1S(=O)(=O)Nc1c(F)ccc(-c2ccc3nc(N)ncc3c2)c1F. The Morgan fingerprint density at radius 1 is 1.09 bits per heavy atom. The molecule has 0 aliphatic rings. The van der Waals surface area contributed by atoms with Crippen molar-refractivity contribution in [3.05, 3.63) is 65.4 Å². The second-order valence-corrected chi connectivity index (χ2v) is 8.64. The Balaban J connectivity index is 1.80. The Hall–Kier alpha value is -3.57. The predicted octanol–water partition coefficient (Wildman–Crippen LogP) is 4.02. The monoisotopic (exact) mass is 477 g/mol. The molecule has 0 saturated carbocycles. The van der Waals surface area contributed by atoms with E-state index in [4.69, 9.17) is 22.1 Å². The van der Waals surface area contributed by atoms with Crippen molar-refractivity contribution in [2.45, 2.75) is 4.90 Å². The smallest absolute Gasteiger partial charge is 0.267 e. The Morgan fingerprint density at radius 3 is 2.62 bits per heavy atom. The van der Waals surface area contributed by atoms with Gasteiger partial charge in [0.1, 0.15) is 11.5 Å². The Kier molecular flexibility index (Phi) is 5.53. The van der Waals surface area contributed by atoms with Crippen molar-refractivity contribution >= 4 is 44.2 Å². The van der Waals surface area contributed by atoms with Crippen LogP contribution < -0.4 is 15.2 Å². The van der Waals surface area contributed by atoms with Crippen LogP contribution in [-0.4, -0.2) is 30.5 Å². The van der Waals surface area contributed by atoms with Gasteiger partial charge in [-0.1, -0.05) is 17.7 Å². The molecule has 0 saturated heterocycles. The highest BCUT2D eigenvalue weighted by atomic mass is 35.5. The van der Waals surface area contributed by atoms with Gasteiger partial charge in [0.15, 0.2) is 10.7 Å². The molecular formula is C20H14ClF2N5O3S. The number of halogens is 3. The summed E-state index contributed by atoms with van der Waals surface area (Å²) in [6.45, 7) is 0. The first-order valence-corrected chi connectivity index (χ1v) is 10.8. The first-order chi connectivity index (χ1) is 15.2. The number of benzene rings is 2. The molecule has 4 aromatic rings. The molecule has 32 heavy (non-hydrogen) atoms. The van der Waals surface area contributed by atoms with Crippen LogP contribution in [0, 0.1) is 11.6 Å². The molecule has 0 bridgehead atoms. The first kappa shape index (κ1) is 21.7. The number of fused-ring (bicyclic) bond motifs is 1. The summed E-state index contributed by atoms with van der Waals surface area (Å²) in [5, 5.41) is 0.567. The number of nitrogen functional groups attached to an aromatic ring is 1. The second kappa shape index (κ2) is 8.17. The molecule has 0 atom stereocenters. The highest BCUT2D eigenvalue weighted by Crippen LogP contribution is 2.34. The average Bonchev–Trinajstić information content (AvgIpc) is 2.76. The largest absolute Gasteiger partial charge is 0.480 e. The summed E-state index contributed by atoms with van der Waals surface area (Å²) in [6.07, 6.45) is 2.64. The summed E-state index contributed by atoms with van der Waals surface area (Å²) in [5.74, 6) is -2.42. The summed E-state index contributed by atoms with van der Waals surface area (Å²) in [6, 6.07) is 7.93. The highest BCUT2D eigenvalue weighted by molar-refractivity contribution is 7.92. The summed E-state index contributed by atoms with van der Waals surface area (Å²) < 4.78 is 62.3.